The van der Waals surface area contributed by atoms with Gasteiger partial charge < -0.3 is 29.9 Å². The fourth-order valence-corrected chi connectivity index (χ4v) is 5.66. The van der Waals surface area contributed by atoms with E-state index >= 15 is 0 Å². The quantitative estimate of drug-likeness (QED) is 0.341. The zero-order valence-corrected chi connectivity index (χ0v) is 23.8. The average Bonchev–Trinajstić information content (AvgIpc) is 3.33. The molecular formula is C29H33FN8O4. The van der Waals surface area contributed by atoms with Crippen molar-refractivity contribution in [3.8, 4) is 6.01 Å². The molecule has 42 heavy (non-hydrogen) atoms. The molecule has 2 aromatic heterocycles. The van der Waals surface area contributed by atoms with Crippen molar-refractivity contribution in [1.29, 1.82) is 0 Å². The summed E-state index contributed by atoms with van der Waals surface area (Å²) in [5, 5.41) is 11.8. The Hall–Kier alpha value is -4.36. The van der Waals surface area contributed by atoms with Gasteiger partial charge in [0.1, 0.15) is 18.7 Å². The number of nitrogens with one attached hydrogen (secondary N) is 2. The Morgan fingerprint density at radius 3 is 2.81 bits per heavy atom. The minimum atomic E-state index is -0.526. The Morgan fingerprint density at radius 1 is 1.21 bits per heavy atom. The number of anilines is 2. The molecular weight excluding hydrogens is 543 g/mol. The lowest BCUT2D eigenvalue weighted by Gasteiger charge is -2.38. The molecule has 2 fully saturated rings. The van der Waals surface area contributed by atoms with Crippen molar-refractivity contribution in [3.05, 3.63) is 48.0 Å². The highest BCUT2D eigenvalue weighted by molar-refractivity contribution is 6.14. The van der Waals surface area contributed by atoms with Crippen LogP contribution < -0.4 is 20.3 Å². The van der Waals surface area contributed by atoms with Gasteiger partial charge in [0.25, 0.3) is 5.91 Å². The van der Waals surface area contributed by atoms with Crippen molar-refractivity contribution in [2.45, 2.75) is 25.9 Å². The molecule has 4 heterocycles. The minimum absolute atomic E-state index is 0.0641. The molecule has 2 atom stereocenters. The molecule has 2 aromatic carbocycles. The maximum Gasteiger partial charge on any atom is 0.317 e. The van der Waals surface area contributed by atoms with Gasteiger partial charge in [-0.15, -0.1) is 0 Å². The third kappa shape index (κ3) is 5.70. The molecule has 0 spiro atoms. The second kappa shape index (κ2) is 11.5. The Balaban J connectivity index is 1.31. The van der Waals surface area contributed by atoms with Crippen molar-refractivity contribution in [1.82, 2.24) is 30.0 Å². The summed E-state index contributed by atoms with van der Waals surface area (Å²) >= 11 is 0. The van der Waals surface area contributed by atoms with Crippen LogP contribution in [0.5, 0.6) is 6.01 Å². The number of carbonyl (C=O) groups is 2. The molecule has 0 aliphatic carbocycles. The van der Waals surface area contributed by atoms with Gasteiger partial charge in [-0.05, 0) is 38.1 Å². The zero-order valence-electron chi connectivity index (χ0n) is 23.8. The minimum Gasteiger partial charge on any atom is -0.462 e. The summed E-state index contributed by atoms with van der Waals surface area (Å²) in [6, 6.07) is 7.21. The molecule has 2 amide bonds. The Labute approximate surface area is 241 Å². The van der Waals surface area contributed by atoms with E-state index in [0.717, 1.165) is 18.8 Å². The lowest BCUT2D eigenvalue weighted by molar-refractivity contribution is -0.143. The number of fused-ring (bicyclic) bond motifs is 2. The summed E-state index contributed by atoms with van der Waals surface area (Å²) < 4.78 is 27.2. The fourth-order valence-electron chi connectivity index (χ4n) is 5.66. The molecule has 12 nitrogen and oxygen atoms in total. The summed E-state index contributed by atoms with van der Waals surface area (Å²) in [5.74, 6) is -1.06. The molecule has 2 aliphatic heterocycles. The van der Waals surface area contributed by atoms with Gasteiger partial charge in [0.2, 0.25) is 5.91 Å². The first-order valence-corrected chi connectivity index (χ1v) is 14.0. The van der Waals surface area contributed by atoms with E-state index < -0.39 is 11.7 Å². The first-order valence-electron chi connectivity index (χ1n) is 14.0. The molecule has 220 valence electrons. The maximum atomic E-state index is 14.7. The number of halogens is 1. The molecule has 2 saturated heterocycles. The third-order valence-corrected chi connectivity index (χ3v) is 7.46. The number of hydrogen-bond donors (Lipinski definition) is 2. The van der Waals surface area contributed by atoms with Gasteiger partial charge in [-0.2, -0.15) is 10.1 Å². The van der Waals surface area contributed by atoms with Crippen molar-refractivity contribution >= 4 is 45.0 Å². The van der Waals surface area contributed by atoms with Gasteiger partial charge in [0.05, 0.1) is 24.2 Å². The largest absolute Gasteiger partial charge is 0.462 e. The summed E-state index contributed by atoms with van der Waals surface area (Å²) in [4.78, 5) is 38.7. The number of aromatic nitrogens is 4. The monoisotopic (exact) mass is 576 g/mol. The van der Waals surface area contributed by atoms with Crippen molar-refractivity contribution in [3.63, 3.8) is 0 Å². The first-order chi connectivity index (χ1) is 20.2. The van der Waals surface area contributed by atoms with Crippen molar-refractivity contribution in [2.24, 2.45) is 7.05 Å². The number of aryl methyl sites for hydroxylation is 1. The van der Waals surface area contributed by atoms with Gasteiger partial charge in [-0.3, -0.25) is 14.3 Å². The van der Waals surface area contributed by atoms with Crippen molar-refractivity contribution < 1.29 is 23.5 Å². The van der Waals surface area contributed by atoms with E-state index in [1.165, 1.54) is 10.7 Å². The zero-order chi connectivity index (χ0) is 29.4. The number of piperazine rings is 1. The Bertz CT molecular complexity index is 1650. The molecule has 13 heteroatoms. The Kier molecular flexibility index (Phi) is 7.60. The molecule has 4 aromatic rings. The van der Waals surface area contributed by atoms with Crippen LogP contribution >= 0.6 is 0 Å². The summed E-state index contributed by atoms with van der Waals surface area (Å²) in [5.41, 5.74) is 2.17. The van der Waals surface area contributed by atoms with E-state index in [-0.39, 0.29) is 42.7 Å². The van der Waals surface area contributed by atoms with Crippen LogP contribution in [0.2, 0.25) is 0 Å². The number of ether oxygens (including phenoxy) is 2. The molecule has 2 unspecified atom stereocenters. The van der Waals surface area contributed by atoms with Crippen LogP contribution in [0, 0.1) is 5.82 Å². The van der Waals surface area contributed by atoms with E-state index in [0.29, 0.717) is 47.2 Å². The van der Waals surface area contributed by atoms with E-state index in [2.05, 4.69) is 44.4 Å². The van der Waals surface area contributed by atoms with Crippen molar-refractivity contribution in [2.75, 3.05) is 56.2 Å². The topological polar surface area (TPSA) is 127 Å². The second-order valence-electron chi connectivity index (χ2n) is 10.9. The van der Waals surface area contributed by atoms with Gasteiger partial charge in [0, 0.05) is 73.3 Å². The molecule has 2 aliphatic rings. The van der Waals surface area contributed by atoms with Gasteiger partial charge in [-0.25, -0.2) is 9.37 Å². The number of hydrogen-bond acceptors (Lipinski definition) is 9. The lowest BCUT2D eigenvalue weighted by Crippen LogP contribution is -2.54. The number of carbonyl (C=O) groups excluding carboxylic acids is 2. The maximum absolute atomic E-state index is 14.7. The second-order valence-corrected chi connectivity index (χ2v) is 10.9. The molecule has 0 bridgehead atoms. The van der Waals surface area contributed by atoms with Crippen LogP contribution in [0.15, 0.2) is 36.7 Å². The fraction of sp³-hybridized carbons (Fsp3) is 0.414. The number of benzene rings is 2. The smallest absolute Gasteiger partial charge is 0.317 e. The number of morpholine rings is 1. The van der Waals surface area contributed by atoms with Crippen LogP contribution in [-0.4, -0.2) is 94.5 Å². The highest BCUT2D eigenvalue weighted by Crippen LogP contribution is 2.31. The average molecular weight is 577 g/mol. The predicted octanol–water partition coefficient (Wildman–Crippen LogP) is 2.33. The molecule has 0 radical (unpaired) electrons. The van der Waals surface area contributed by atoms with E-state index in [9.17, 15) is 14.0 Å². The molecule has 6 rings (SSSR count). The summed E-state index contributed by atoms with van der Waals surface area (Å²) in [6.07, 6.45) is 3.36. The van der Waals surface area contributed by atoms with E-state index in [1.54, 1.807) is 36.5 Å². The van der Waals surface area contributed by atoms with Crippen LogP contribution in [0.1, 0.15) is 24.2 Å². The van der Waals surface area contributed by atoms with Gasteiger partial charge >= 0.3 is 6.01 Å². The van der Waals surface area contributed by atoms with Crippen LogP contribution in [-0.2, 0) is 16.6 Å². The predicted molar refractivity (Wildman–Crippen MR) is 155 cm³/mol. The number of nitrogens with zero attached hydrogens (tertiary/aromatic N) is 6. The van der Waals surface area contributed by atoms with Crippen LogP contribution in [0.4, 0.5) is 15.8 Å². The highest BCUT2D eigenvalue weighted by Gasteiger charge is 2.25. The lowest BCUT2D eigenvalue weighted by atomic mass is 10.0. The third-order valence-electron chi connectivity index (χ3n) is 7.46. The van der Waals surface area contributed by atoms with Crippen LogP contribution in [0.25, 0.3) is 21.8 Å². The summed E-state index contributed by atoms with van der Waals surface area (Å²) in [7, 11) is 1.71. The number of amides is 2. The van der Waals surface area contributed by atoms with Gasteiger partial charge in [-0.1, -0.05) is 0 Å². The molecule has 0 saturated carbocycles. The normalized spacial score (nSPS) is 19.5. The van der Waals surface area contributed by atoms with E-state index in [1.807, 2.05) is 6.07 Å². The summed E-state index contributed by atoms with van der Waals surface area (Å²) in [6.45, 7) is 7.43. The Morgan fingerprint density at radius 2 is 2.02 bits per heavy atom. The number of rotatable bonds is 7. The highest BCUT2D eigenvalue weighted by atomic mass is 19.1. The molecule has 2 N–H and O–H groups in total. The van der Waals surface area contributed by atoms with Crippen LogP contribution in [0.3, 0.4) is 0 Å². The first kappa shape index (κ1) is 27.8. The standard InChI is InChI=1S/C29H33FN8O4/c1-17-13-38(14-18(2)32-17)24-5-4-21(28(40)33-20-10-19-15-36(3)35-26(19)23(30)11-20)27-22(24)12-31-29(34-27)42-9-7-37-6-8-41-16-25(37)39/h4-5,10-12,15,17-18,32H,6-9,13-14,16H2,1-3H3,(H,33,40). The van der Waals surface area contributed by atoms with Gasteiger partial charge in [0.15, 0.2) is 5.82 Å². The van der Waals surface area contributed by atoms with E-state index in [4.69, 9.17) is 9.47 Å². The SMILES string of the molecule is CC1CN(c2ccc(C(=O)Nc3cc(F)c4nn(C)cc4c3)c3nc(OCCN4CCOCC4=O)ncc23)CC(C)N1.